The second-order valence-electron chi connectivity index (χ2n) is 5.95. The van der Waals surface area contributed by atoms with Gasteiger partial charge in [0, 0.05) is 23.2 Å². The predicted molar refractivity (Wildman–Crippen MR) is 104 cm³/mol. The van der Waals surface area contributed by atoms with Gasteiger partial charge in [0.05, 0.1) is 0 Å². The molecule has 1 atom stereocenters. The quantitative estimate of drug-likeness (QED) is 0.563. The highest BCUT2D eigenvalue weighted by Crippen LogP contribution is 2.25. The third-order valence-electron chi connectivity index (χ3n) is 4.04. The molecule has 0 aliphatic carbocycles. The Morgan fingerprint density at radius 3 is 2.08 bits per heavy atom. The van der Waals surface area contributed by atoms with E-state index in [2.05, 4.69) is 97.2 Å². The van der Waals surface area contributed by atoms with Gasteiger partial charge >= 0.3 is 0 Å². The summed E-state index contributed by atoms with van der Waals surface area (Å²) in [6.45, 7) is 3.01. The van der Waals surface area contributed by atoms with E-state index in [-0.39, 0.29) is 0 Å². The smallest absolute Gasteiger partial charge is 0.0417 e. The minimum Gasteiger partial charge on any atom is -0.305 e. The maximum atomic E-state index is 3.71. The monoisotopic (exact) mass is 333 g/mol. The first-order valence-electron chi connectivity index (χ1n) is 8.33. The minimum atomic E-state index is 0.331. The fraction of sp³-hybridized carbons (Fsp3) is 0.182. The van der Waals surface area contributed by atoms with Crippen molar-refractivity contribution in [2.75, 3.05) is 5.75 Å². The van der Waals surface area contributed by atoms with Crippen molar-refractivity contribution in [2.24, 2.45) is 0 Å². The molecule has 0 radical (unpaired) electrons. The van der Waals surface area contributed by atoms with Gasteiger partial charge in [-0.2, -0.15) is 0 Å². The highest BCUT2D eigenvalue weighted by molar-refractivity contribution is 7.99. The zero-order valence-corrected chi connectivity index (χ0v) is 14.8. The van der Waals surface area contributed by atoms with E-state index in [0.717, 1.165) is 12.3 Å². The molecule has 0 saturated carbocycles. The van der Waals surface area contributed by atoms with Gasteiger partial charge in [0.1, 0.15) is 0 Å². The van der Waals surface area contributed by atoms with Gasteiger partial charge in [0.25, 0.3) is 0 Å². The summed E-state index contributed by atoms with van der Waals surface area (Å²) in [5, 5.41) is 3.71. The number of nitrogens with one attached hydrogen (secondary N) is 1. The van der Waals surface area contributed by atoms with Crippen molar-refractivity contribution in [2.45, 2.75) is 24.4 Å². The van der Waals surface area contributed by atoms with Gasteiger partial charge in [-0.25, -0.2) is 0 Å². The topological polar surface area (TPSA) is 12.0 Å². The summed E-state index contributed by atoms with van der Waals surface area (Å²) >= 11 is 1.90. The molecule has 0 aliphatic heterocycles. The van der Waals surface area contributed by atoms with E-state index in [4.69, 9.17) is 0 Å². The molecule has 24 heavy (non-hydrogen) atoms. The Morgan fingerprint density at radius 2 is 1.42 bits per heavy atom. The summed E-state index contributed by atoms with van der Waals surface area (Å²) in [4.78, 5) is 1.32. The highest BCUT2D eigenvalue weighted by Gasteiger charge is 2.11. The molecule has 0 amide bonds. The maximum absolute atomic E-state index is 3.71. The lowest BCUT2D eigenvalue weighted by Crippen LogP contribution is -2.23. The largest absolute Gasteiger partial charge is 0.305 e. The molecule has 0 fully saturated rings. The Hall–Kier alpha value is -2.03. The average molecular weight is 334 g/mol. The summed E-state index contributed by atoms with van der Waals surface area (Å²) in [6.07, 6.45) is 0. The molecule has 0 spiro atoms. The van der Waals surface area contributed by atoms with E-state index >= 15 is 0 Å². The molecular weight excluding hydrogens is 310 g/mol. The highest BCUT2D eigenvalue weighted by atomic mass is 32.2. The molecule has 1 N–H and O–H groups in total. The van der Waals surface area contributed by atoms with Gasteiger partial charge in [-0.15, -0.1) is 11.8 Å². The first-order chi connectivity index (χ1) is 11.8. The molecule has 2 heteroatoms. The van der Waals surface area contributed by atoms with Crippen LogP contribution in [0.15, 0.2) is 89.8 Å². The zero-order chi connectivity index (χ0) is 16.6. The standard InChI is InChI=1S/C22H23NS/c1-18-12-14-21(15-13-18)24-17-22(20-10-6-3-7-11-20)23-16-19-8-4-2-5-9-19/h2-15,22-23H,16-17H2,1H3. The van der Waals surface area contributed by atoms with Gasteiger partial charge in [-0.3, -0.25) is 0 Å². The Bertz CT molecular complexity index is 723. The van der Waals surface area contributed by atoms with E-state index < -0.39 is 0 Å². The summed E-state index contributed by atoms with van der Waals surface area (Å²) in [6, 6.07) is 30.4. The van der Waals surface area contributed by atoms with Gasteiger partial charge in [-0.05, 0) is 30.2 Å². The van der Waals surface area contributed by atoms with Crippen LogP contribution in [-0.4, -0.2) is 5.75 Å². The molecule has 122 valence electrons. The molecule has 0 bridgehead atoms. The summed E-state index contributed by atoms with van der Waals surface area (Å²) in [7, 11) is 0. The van der Waals surface area contributed by atoms with Gasteiger partial charge in [0.2, 0.25) is 0 Å². The van der Waals surface area contributed by atoms with Crippen LogP contribution in [0.3, 0.4) is 0 Å². The molecule has 1 unspecified atom stereocenters. The third kappa shape index (κ3) is 4.98. The van der Waals surface area contributed by atoms with E-state index in [1.54, 1.807) is 0 Å². The number of thioether (sulfide) groups is 1. The lowest BCUT2D eigenvalue weighted by Gasteiger charge is -2.19. The Balaban J connectivity index is 1.66. The van der Waals surface area contributed by atoms with Crippen molar-refractivity contribution >= 4 is 11.8 Å². The second kappa shape index (κ2) is 8.72. The Labute approximate surface area is 149 Å². The second-order valence-corrected chi connectivity index (χ2v) is 7.05. The predicted octanol–water partition coefficient (Wildman–Crippen LogP) is 5.62. The number of rotatable bonds is 7. The molecule has 0 saturated heterocycles. The van der Waals surface area contributed by atoms with Crippen LogP contribution in [0, 0.1) is 6.92 Å². The van der Waals surface area contributed by atoms with Crippen molar-refractivity contribution in [3.8, 4) is 0 Å². The van der Waals surface area contributed by atoms with Crippen molar-refractivity contribution < 1.29 is 0 Å². The van der Waals surface area contributed by atoms with Crippen LogP contribution in [0.5, 0.6) is 0 Å². The summed E-state index contributed by atoms with van der Waals surface area (Å²) in [5.74, 6) is 1.01. The Kier molecular flexibility index (Phi) is 6.11. The molecule has 0 aromatic heterocycles. The average Bonchev–Trinajstić information content (AvgIpc) is 2.65. The fourth-order valence-electron chi connectivity index (χ4n) is 2.61. The van der Waals surface area contributed by atoms with Crippen molar-refractivity contribution in [3.05, 3.63) is 102 Å². The van der Waals surface area contributed by atoms with Gasteiger partial charge in [-0.1, -0.05) is 78.4 Å². The maximum Gasteiger partial charge on any atom is 0.0417 e. The van der Waals surface area contributed by atoms with E-state index in [1.807, 2.05) is 11.8 Å². The van der Waals surface area contributed by atoms with Crippen molar-refractivity contribution in [1.82, 2.24) is 5.32 Å². The van der Waals surface area contributed by atoms with Crippen LogP contribution in [0.1, 0.15) is 22.7 Å². The lowest BCUT2D eigenvalue weighted by atomic mass is 10.1. The van der Waals surface area contributed by atoms with Crippen LogP contribution in [0.25, 0.3) is 0 Å². The molecule has 1 nitrogen and oxygen atoms in total. The van der Waals surface area contributed by atoms with E-state index in [9.17, 15) is 0 Å². The molecular formula is C22H23NS. The number of aryl methyl sites for hydroxylation is 1. The fourth-order valence-corrected chi connectivity index (χ4v) is 3.61. The van der Waals surface area contributed by atoms with Crippen LogP contribution < -0.4 is 5.32 Å². The van der Waals surface area contributed by atoms with E-state index in [1.165, 1.54) is 21.6 Å². The Morgan fingerprint density at radius 1 is 0.792 bits per heavy atom. The minimum absolute atomic E-state index is 0.331. The van der Waals surface area contributed by atoms with Crippen molar-refractivity contribution in [1.29, 1.82) is 0 Å². The SMILES string of the molecule is Cc1ccc(SCC(NCc2ccccc2)c2ccccc2)cc1. The van der Waals surface area contributed by atoms with Crippen LogP contribution in [-0.2, 0) is 6.54 Å². The van der Waals surface area contributed by atoms with Crippen LogP contribution >= 0.6 is 11.8 Å². The van der Waals surface area contributed by atoms with Gasteiger partial charge < -0.3 is 5.32 Å². The van der Waals surface area contributed by atoms with Gasteiger partial charge in [0.15, 0.2) is 0 Å². The van der Waals surface area contributed by atoms with E-state index in [0.29, 0.717) is 6.04 Å². The molecule has 3 aromatic rings. The zero-order valence-electron chi connectivity index (χ0n) is 14.0. The normalized spacial score (nSPS) is 12.0. The summed E-state index contributed by atoms with van der Waals surface area (Å²) < 4.78 is 0. The third-order valence-corrected chi connectivity index (χ3v) is 5.14. The molecule has 3 aromatic carbocycles. The number of hydrogen-bond donors (Lipinski definition) is 1. The van der Waals surface area contributed by atoms with Crippen LogP contribution in [0.2, 0.25) is 0 Å². The number of benzene rings is 3. The molecule has 3 rings (SSSR count). The first kappa shape index (κ1) is 16.8. The first-order valence-corrected chi connectivity index (χ1v) is 9.31. The molecule has 0 heterocycles. The van der Waals surface area contributed by atoms with Crippen molar-refractivity contribution in [3.63, 3.8) is 0 Å². The molecule has 0 aliphatic rings. The number of hydrogen-bond acceptors (Lipinski definition) is 2. The summed E-state index contributed by atoms with van der Waals surface area (Å²) in [5.41, 5.74) is 3.97. The lowest BCUT2D eigenvalue weighted by molar-refractivity contribution is 0.582. The van der Waals surface area contributed by atoms with Crippen LogP contribution in [0.4, 0.5) is 0 Å².